The van der Waals surface area contributed by atoms with Crippen LogP contribution in [0.3, 0.4) is 0 Å². The molecule has 13 nitrogen and oxygen atoms in total. The quantitative estimate of drug-likeness (QED) is 0.147. The van der Waals surface area contributed by atoms with Crippen molar-refractivity contribution in [3.63, 3.8) is 0 Å². The highest BCUT2D eigenvalue weighted by Gasteiger charge is 2.25. The number of alkyl carbamates (subject to hydrolysis) is 1. The van der Waals surface area contributed by atoms with Gasteiger partial charge in [-0.2, -0.15) is 0 Å². The molecule has 4 N–H and O–H groups in total. The van der Waals surface area contributed by atoms with Gasteiger partial charge in [0.1, 0.15) is 12.1 Å². The van der Waals surface area contributed by atoms with Crippen LogP contribution in [-0.2, 0) is 22.6 Å². The Morgan fingerprint density at radius 1 is 0.918 bits per heavy atom. The predicted octanol–water partition coefficient (Wildman–Crippen LogP) is 5.25. The summed E-state index contributed by atoms with van der Waals surface area (Å²) in [6, 6.07) is 21.5. The lowest BCUT2D eigenvalue weighted by atomic mass is 9.93. The third-order valence-corrected chi connectivity index (χ3v) is 7.71. The van der Waals surface area contributed by atoms with Gasteiger partial charge < -0.3 is 30.5 Å². The number of carboxylic acid groups (broad SMARTS) is 1. The molecule has 13 heteroatoms. The van der Waals surface area contributed by atoms with Crippen molar-refractivity contribution in [2.24, 2.45) is 5.41 Å². The van der Waals surface area contributed by atoms with Crippen molar-refractivity contribution in [3.05, 3.63) is 84.3 Å². The van der Waals surface area contributed by atoms with E-state index in [0.717, 1.165) is 33.3 Å². The van der Waals surface area contributed by atoms with Crippen LogP contribution in [-0.4, -0.2) is 78.1 Å². The number of pyridine rings is 2. The largest absolute Gasteiger partial charge is 0.465 e. The number of carbonyl (C=O) groups is 3. The summed E-state index contributed by atoms with van der Waals surface area (Å²) in [5, 5.41) is 33.2. The molecule has 49 heavy (non-hydrogen) atoms. The van der Waals surface area contributed by atoms with E-state index in [2.05, 4.69) is 20.8 Å². The molecule has 0 fully saturated rings. The number of hydrogen-bond acceptors (Lipinski definition) is 8. The van der Waals surface area contributed by atoms with Gasteiger partial charge in [0.25, 0.3) is 0 Å². The van der Waals surface area contributed by atoms with Crippen molar-refractivity contribution in [2.75, 3.05) is 19.7 Å². The highest BCUT2D eigenvalue weighted by molar-refractivity contribution is 5.98. The summed E-state index contributed by atoms with van der Waals surface area (Å²) in [5.41, 5.74) is 4.38. The molecule has 5 rings (SSSR count). The Morgan fingerprint density at radius 2 is 1.63 bits per heavy atom. The minimum absolute atomic E-state index is 0.127. The number of benzene rings is 2. The number of ether oxygens (including phenoxy) is 1. The molecule has 2 aromatic carbocycles. The average Bonchev–Trinajstić information content (AvgIpc) is 3.48. The van der Waals surface area contributed by atoms with Crippen LogP contribution in [0.4, 0.5) is 9.59 Å². The Labute approximate surface area is 283 Å². The highest BCUT2D eigenvalue weighted by atomic mass is 16.6. The fraction of sp³-hybridized carbons (Fsp3) is 0.333. The molecule has 0 bridgehead atoms. The number of amides is 3. The number of fused-ring (bicyclic) bond motifs is 3. The molecule has 0 radical (unpaired) electrons. The lowest BCUT2D eigenvalue weighted by Gasteiger charge is -2.31. The molecule has 0 aliphatic heterocycles. The second-order valence-electron chi connectivity index (χ2n) is 13.6. The summed E-state index contributed by atoms with van der Waals surface area (Å²) in [7, 11) is 0. The van der Waals surface area contributed by atoms with E-state index < -0.39 is 23.2 Å². The molecule has 0 spiro atoms. The number of aromatic nitrogens is 4. The second-order valence-corrected chi connectivity index (χ2v) is 13.6. The monoisotopic (exact) mass is 667 g/mol. The van der Waals surface area contributed by atoms with Crippen LogP contribution in [0, 0.1) is 5.41 Å². The summed E-state index contributed by atoms with van der Waals surface area (Å²) in [6.07, 6.45) is -0.00125. The molecule has 0 saturated heterocycles. The van der Waals surface area contributed by atoms with E-state index in [1.54, 1.807) is 25.7 Å². The Morgan fingerprint density at radius 3 is 2.29 bits per heavy atom. The topological polar surface area (TPSA) is 171 Å². The van der Waals surface area contributed by atoms with Gasteiger partial charge in [-0.1, -0.05) is 68.4 Å². The van der Waals surface area contributed by atoms with Gasteiger partial charge in [-0.25, -0.2) is 14.6 Å². The first-order valence-corrected chi connectivity index (χ1v) is 15.9. The zero-order chi connectivity index (χ0) is 35.3. The van der Waals surface area contributed by atoms with E-state index in [1.165, 1.54) is 0 Å². The molecule has 0 aliphatic carbocycles. The molecule has 0 aliphatic rings. The first-order chi connectivity index (χ1) is 23.2. The fourth-order valence-electron chi connectivity index (χ4n) is 5.34. The zero-order valence-electron chi connectivity index (χ0n) is 28.2. The van der Waals surface area contributed by atoms with Gasteiger partial charge in [0.15, 0.2) is 11.5 Å². The predicted molar refractivity (Wildman–Crippen MR) is 185 cm³/mol. The number of carbonyl (C=O) groups excluding carboxylic acids is 2. The molecule has 5 aromatic rings. The lowest BCUT2D eigenvalue weighted by molar-refractivity contribution is -0.132. The number of rotatable bonds is 11. The summed E-state index contributed by atoms with van der Waals surface area (Å²) in [6.45, 7) is 9.18. The van der Waals surface area contributed by atoms with E-state index >= 15 is 0 Å². The molecular formula is C36H41N7O6. The molecule has 0 unspecified atom stereocenters. The standard InChI is InChI=1S/C36H41N7O6/c1-35(2,3)49-34(48)38-18-29-40-41-32-27-17-26(24-9-7-6-8-10-24)31(39-28(27)15-16-43(29)32)25-13-11-23(12-14-25)20-42(21-36(4,5)22-44)30(45)19-37-33(46)47/h6-17,37,44H,18-22H2,1-5H3,(H,38,48)(H,46,47). The Bertz CT molecular complexity index is 1970. The molecule has 0 saturated carbocycles. The van der Waals surface area contributed by atoms with E-state index in [-0.39, 0.29) is 38.7 Å². The van der Waals surface area contributed by atoms with E-state index in [9.17, 15) is 19.5 Å². The first kappa shape index (κ1) is 34.8. The van der Waals surface area contributed by atoms with Crippen molar-refractivity contribution in [3.8, 4) is 22.4 Å². The number of aliphatic hydroxyl groups is 1. The molecule has 3 heterocycles. The van der Waals surface area contributed by atoms with E-state index in [1.807, 2.05) is 91.2 Å². The van der Waals surface area contributed by atoms with Crippen molar-refractivity contribution >= 4 is 34.6 Å². The highest BCUT2D eigenvalue weighted by Crippen LogP contribution is 2.35. The Balaban J connectivity index is 1.48. The Hall–Kier alpha value is -5.56. The number of hydrogen-bond donors (Lipinski definition) is 4. The number of nitrogens with one attached hydrogen (secondary N) is 2. The summed E-state index contributed by atoms with van der Waals surface area (Å²) in [4.78, 5) is 42.8. The van der Waals surface area contributed by atoms with Crippen LogP contribution in [0.5, 0.6) is 0 Å². The molecular weight excluding hydrogens is 626 g/mol. The molecule has 3 amide bonds. The van der Waals surface area contributed by atoms with Crippen LogP contribution in [0.1, 0.15) is 46.0 Å². The average molecular weight is 668 g/mol. The maximum atomic E-state index is 12.9. The minimum atomic E-state index is -1.28. The van der Waals surface area contributed by atoms with Gasteiger partial charge in [0, 0.05) is 47.8 Å². The normalized spacial score (nSPS) is 11.8. The van der Waals surface area contributed by atoms with Crippen LogP contribution in [0.25, 0.3) is 38.9 Å². The maximum Gasteiger partial charge on any atom is 0.408 e. The smallest absolute Gasteiger partial charge is 0.408 e. The van der Waals surface area contributed by atoms with Crippen molar-refractivity contribution in [1.82, 2.24) is 35.1 Å². The van der Waals surface area contributed by atoms with Crippen molar-refractivity contribution in [1.29, 1.82) is 0 Å². The Kier molecular flexibility index (Phi) is 10.1. The van der Waals surface area contributed by atoms with Crippen LogP contribution >= 0.6 is 0 Å². The van der Waals surface area contributed by atoms with Crippen molar-refractivity contribution < 1.29 is 29.3 Å². The van der Waals surface area contributed by atoms with E-state index in [4.69, 9.17) is 14.8 Å². The van der Waals surface area contributed by atoms with Crippen LogP contribution in [0.15, 0.2) is 72.9 Å². The maximum absolute atomic E-state index is 12.9. The van der Waals surface area contributed by atoms with Gasteiger partial charge >= 0.3 is 12.2 Å². The molecule has 3 aromatic heterocycles. The van der Waals surface area contributed by atoms with Gasteiger partial charge in [0.2, 0.25) is 5.91 Å². The lowest BCUT2D eigenvalue weighted by Crippen LogP contribution is -2.44. The van der Waals surface area contributed by atoms with Gasteiger partial charge in [-0.05, 0) is 44.0 Å². The summed E-state index contributed by atoms with van der Waals surface area (Å²) >= 11 is 0. The zero-order valence-corrected chi connectivity index (χ0v) is 28.2. The first-order valence-electron chi connectivity index (χ1n) is 15.9. The minimum Gasteiger partial charge on any atom is -0.465 e. The van der Waals surface area contributed by atoms with Gasteiger partial charge in [-0.15, -0.1) is 10.2 Å². The van der Waals surface area contributed by atoms with Gasteiger partial charge in [-0.3, -0.25) is 9.20 Å². The number of aliphatic hydroxyl groups excluding tert-OH is 1. The second kappa shape index (κ2) is 14.3. The van der Waals surface area contributed by atoms with Crippen molar-refractivity contribution in [2.45, 2.75) is 53.3 Å². The van der Waals surface area contributed by atoms with Crippen LogP contribution < -0.4 is 10.6 Å². The fourth-order valence-corrected chi connectivity index (χ4v) is 5.34. The summed E-state index contributed by atoms with van der Waals surface area (Å²) < 4.78 is 7.17. The number of nitrogens with zero attached hydrogens (tertiary/aromatic N) is 5. The molecule has 256 valence electrons. The molecule has 0 atom stereocenters. The summed E-state index contributed by atoms with van der Waals surface area (Å²) in [5.74, 6) is 0.150. The third-order valence-electron chi connectivity index (χ3n) is 7.71. The van der Waals surface area contributed by atoms with Gasteiger partial charge in [0.05, 0.1) is 17.8 Å². The SMILES string of the molecule is CC(C)(CO)CN(Cc1ccc(-c2nc3ccn4c(CNC(=O)OC(C)(C)C)nnc4c3cc2-c2ccccc2)cc1)C(=O)CNC(=O)O. The van der Waals surface area contributed by atoms with Crippen LogP contribution in [0.2, 0.25) is 0 Å². The third kappa shape index (κ3) is 8.68. The van der Waals surface area contributed by atoms with E-state index in [0.29, 0.717) is 17.0 Å².